The van der Waals surface area contributed by atoms with Gasteiger partial charge >= 0.3 is 0 Å². The minimum atomic E-state index is -0.905. The molecular weight excluding hydrogens is 504 g/mol. The highest BCUT2D eigenvalue weighted by Gasteiger charge is 2.63. The molecule has 3 heteroatoms. The van der Waals surface area contributed by atoms with Crippen LogP contribution in [0.15, 0.2) is 58.7 Å². The van der Waals surface area contributed by atoms with Crippen LogP contribution >= 0.6 is 0 Å². The van der Waals surface area contributed by atoms with Crippen LogP contribution in [0.4, 0.5) is 0 Å². The number of fused-ring (bicyclic) bond motifs is 3. The summed E-state index contributed by atoms with van der Waals surface area (Å²) in [5.74, 6) is 6.70. The summed E-state index contributed by atoms with van der Waals surface area (Å²) >= 11 is 0. The Morgan fingerprint density at radius 3 is 2.27 bits per heavy atom. The largest absolute Gasteiger partial charge is 0.294 e. The lowest BCUT2D eigenvalue weighted by Crippen LogP contribution is -2.57. The monoisotopic (exact) mass is 546 g/mol. The van der Waals surface area contributed by atoms with E-state index < -0.39 is 10.8 Å². The van der Waals surface area contributed by atoms with Gasteiger partial charge in [-0.15, -0.1) is 0 Å². The van der Waals surface area contributed by atoms with Gasteiger partial charge < -0.3 is 0 Å². The van der Waals surface area contributed by atoms with Crippen molar-refractivity contribution in [1.82, 2.24) is 0 Å². The van der Waals surface area contributed by atoms with Crippen molar-refractivity contribution in [3.05, 3.63) is 92.1 Å². The third-order valence-corrected chi connectivity index (χ3v) is 10.6. The number of allylic oxidation sites excluding steroid dienone is 4. The van der Waals surface area contributed by atoms with E-state index in [2.05, 4.69) is 57.7 Å². The molecule has 3 aliphatic rings. The molecule has 3 atom stereocenters. The van der Waals surface area contributed by atoms with Gasteiger partial charge in [-0.05, 0) is 93.5 Å². The van der Waals surface area contributed by atoms with Gasteiger partial charge in [0.1, 0.15) is 0 Å². The molecule has 0 fully saturated rings. The van der Waals surface area contributed by atoms with Crippen LogP contribution < -0.4 is 0 Å². The lowest BCUT2D eigenvalue weighted by Gasteiger charge is -2.59. The smallest absolute Gasteiger partial charge is 0.190 e. The van der Waals surface area contributed by atoms with Crippen LogP contribution in [0.3, 0.4) is 0 Å². The Labute approximate surface area is 245 Å². The van der Waals surface area contributed by atoms with Gasteiger partial charge in [-0.2, -0.15) is 0 Å². The zero-order chi connectivity index (χ0) is 30.1. The second-order valence-electron chi connectivity index (χ2n) is 13.8. The number of hydrogen-bond acceptors (Lipinski definition) is 3. The summed E-state index contributed by atoms with van der Waals surface area (Å²) in [6, 6.07) is 12.4. The molecule has 5 rings (SSSR count). The van der Waals surface area contributed by atoms with Crippen LogP contribution in [-0.2, 0) is 22.4 Å². The molecule has 3 nitrogen and oxygen atoms in total. The molecule has 2 aromatic rings. The van der Waals surface area contributed by atoms with E-state index in [4.69, 9.17) is 0 Å². The minimum Gasteiger partial charge on any atom is -0.294 e. The molecule has 0 N–H and O–H groups in total. The Hall–Kier alpha value is -3.51. The molecule has 0 radical (unpaired) electrons. The third-order valence-electron chi connectivity index (χ3n) is 10.6. The molecule has 0 saturated carbocycles. The maximum Gasteiger partial charge on any atom is 0.190 e. The van der Waals surface area contributed by atoms with Gasteiger partial charge in [0.25, 0.3) is 0 Å². The quantitative estimate of drug-likeness (QED) is 0.289. The average Bonchev–Trinajstić information content (AvgIpc) is 2.87. The van der Waals surface area contributed by atoms with Crippen LogP contribution in [-0.4, -0.2) is 17.3 Å². The molecule has 41 heavy (non-hydrogen) atoms. The first-order chi connectivity index (χ1) is 19.2. The molecule has 0 amide bonds. The van der Waals surface area contributed by atoms with Crippen LogP contribution in [0.2, 0.25) is 0 Å². The van der Waals surface area contributed by atoms with Crippen LogP contribution in [0, 0.1) is 35.0 Å². The van der Waals surface area contributed by atoms with Crippen molar-refractivity contribution in [2.45, 2.75) is 93.9 Å². The summed E-state index contributed by atoms with van der Waals surface area (Å²) in [5.41, 5.74) is 7.21. The normalized spacial score (nSPS) is 27.3. The number of hydrogen-bond donors (Lipinski definition) is 0. The second-order valence-corrected chi connectivity index (χ2v) is 13.8. The van der Waals surface area contributed by atoms with E-state index in [9.17, 15) is 14.4 Å². The van der Waals surface area contributed by atoms with Gasteiger partial charge in [-0.25, -0.2) is 0 Å². The van der Waals surface area contributed by atoms with Gasteiger partial charge in [0.2, 0.25) is 0 Å². The van der Waals surface area contributed by atoms with E-state index in [1.807, 2.05) is 45.9 Å². The summed E-state index contributed by atoms with van der Waals surface area (Å²) in [5, 5.41) is 0. The molecule has 0 heterocycles. The maximum absolute atomic E-state index is 14.7. The Morgan fingerprint density at radius 2 is 1.66 bits per heavy atom. The lowest BCUT2D eigenvalue weighted by molar-refractivity contribution is -0.134. The standard InChI is InChI=1S/C38H42O3/c1-22(2)29-18-28(17-13-16-27-14-11-10-12-15-27)24(4)32-30(29)20-36(7)21-37(8)19-23(3)31(26(6)39)35(41)38(37,9)25(5)33(36)34(32)40/h10-12,14-15,18,22H,16,19-21H2,1-9H3. The van der Waals surface area contributed by atoms with E-state index in [0.717, 1.165) is 57.4 Å². The van der Waals surface area contributed by atoms with Crippen molar-refractivity contribution in [3.63, 3.8) is 0 Å². The number of ketones is 3. The van der Waals surface area contributed by atoms with Crippen LogP contribution in [0.25, 0.3) is 0 Å². The van der Waals surface area contributed by atoms with E-state index >= 15 is 0 Å². The second kappa shape index (κ2) is 9.80. The highest BCUT2D eigenvalue weighted by atomic mass is 16.2. The van der Waals surface area contributed by atoms with E-state index in [1.165, 1.54) is 12.5 Å². The van der Waals surface area contributed by atoms with Crippen molar-refractivity contribution < 1.29 is 14.4 Å². The predicted molar refractivity (Wildman–Crippen MR) is 165 cm³/mol. The molecular formula is C38H42O3. The first-order valence-corrected chi connectivity index (χ1v) is 14.9. The van der Waals surface area contributed by atoms with Gasteiger partial charge in [0, 0.05) is 28.5 Å². The number of carbonyl (C=O) groups excluding carboxylic acids is 3. The average molecular weight is 547 g/mol. The van der Waals surface area contributed by atoms with Crippen LogP contribution in [0.5, 0.6) is 0 Å². The molecule has 3 unspecified atom stereocenters. The van der Waals surface area contributed by atoms with Gasteiger partial charge in [0.05, 0.1) is 11.0 Å². The van der Waals surface area contributed by atoms with Crippen molar-refractivity contribution in [2.24, 2.45) is 16.2 Å². The fourth-order valence-corrected chi connectivity index (χ4v) is 8.49. The Bertz CT molecular complexity index is 1640. The summed E-state index contributed by atoms with van der Waals surface area (Å²) in [6.07, 6.45) is 2.80. The number of rotatable bonds is 3. The van der Waals surface area contributed by atoms with Crippen LogP contribution in [0.1, 0.15) is 112 Å². The Balaban J connectivity index is 1.70. The summed E-state index contributed by atoms with van der Waals surface area (Å²) in [4.78, 5) is 41.5. The topological polar surface area (TPSA) is 51.2 Å². The Kier molecular flexibility index (Phi) is 6.93. The molecule has 212 valence electrons. The number of benzene rings is 2. The highest BCUT2D eigenvalue weighted by molar-refractivity contribution is 6.24. The van der Waals surface area contributed by atoms with Gasteiger partial charge in [-0.1, -0.05) is 81.0 Å². The summed E-state index contributed by atoms with van der Waals surface area (Å²) < 4.78 is 0. The van der Waals surface area contributed by atoms with Crippen molar-refractivity contribution in [2.75, 3.05) is 0 Å². The van der Waals surface area contributed by atoms with E-state index in [1.54, 1.807) is 0 Å². The predicted octanol–water partition coefficient (Wildman–Crippen LogP) is 8.07. The van der Waals surface area contributed by atoms with Gasteiger partial charge in [0.15, 0.2) is 17.3 Å². The number of Topliss-reactive ketones (excluding diaryl/α,β-unsaturated/α-hetero) is 3. The minimum absolute atomic E-state index is 0.0316. The Morgan fingerprint density at radius 1 is 1.00 bits per heavy atom. The molecule has 0 saturated heterocycles. The van der Waals surface area contributed by atoms with Crippen molar-refractivity contribution >= 4 is 17.3 Å². The molecule has 0 aliphatic heterocycles. The molecule has 3 aliphatic carbocycles. The first-order valence-electron chi connectivity index (χ1n) is 14.9. The molecule has 0 bridgehead atoms. The lowest BCUT2D eigenvalue weighted by atomic mass is 9.42. The molecule has 0 aromatic heterocycles. The third kappa shape index (κ3) is 4.21. The fraction of sp³-hybridized carbons (Fsp3) is 0.447. The van der Waals surface area contributed by atoms with Gasteiger partial charge in [-0.3, -0.25) is 14.4 Å². The van der Waals surface area contributed by atoms with E-state index in [0.29, 0.717) is 18.4 Å². The zero-order valence-electron chi connectivity index (χ0n) is 26.1. The first kappa shape index (κ1) is 29.0. The van der Waals surface area contributed by atoms with Crippen molar-refractivity contribution in [3.8, 4) is 11.8 Å². The highest BCUT2D eigenvalue weighted by Crippen LogP contribution is 2.66. The van der Waals surface area contributed by atoms with E-state index in [-0.39, 0.29) is 28.7 Å². The molecule has 0 spiro atoms. The molecule has 2 aromatic carbocycles. The number of carbonyl (C=O) groups is 3. The maximum atomic E-state index is 14.7. The zero-order valence-corrected chi connectivity index (χ0v) is 26.1. The fourth-order valence-electron chi connectivity index (χ4n) is 8.49. The summed E-state index contributed by atoms with van der Waals surface area (Å²) in [7, 11) is 0. The summed E-state index contributed by atoms with van der Waals surface area (Å²) in [6.45, 7) is 18.2. The van der Waals surface area contributed by atoms with Crippen molar-refractivity contribution in [1.29, 1.82) is 0 Å². The SMILES string of the molecule is CC(=O)C1=C(C)CC2(C)CC3(C)Cc4c(C(C)C)cc(C#CCc5ccccc5)c(C)c4C(=O)C3=C(C)C2(C)C1=O.